The van der Waals surface area contributed by atoms with Crippen LogP contribution >= 0.6 is 23.5 Å². The lowest BCUT2D eigenvalue weighted by Crippen LogP contribution is -2.62. The van der Waals surface area contributed by atoms with E-state index in [0.717, 1.165) is 64.7 Å². The molecule has 0 radical (unpaired) electrons. The number of rotatable bonds is 2. The van der Waals surface area contributed by atoms with Gasteiger partial charge in [-0.25, -0.2) is 4.99 Å². The molecule has 1 N–H and O–H groups in total. The smallest absolute Gasteiger partial charge is 0.251 e. The van der Waals surface area contributed by atoms with Gasteiger partial charge in [0.2, 0.25) is 5.91 Å². The van der Waals surface area contributed by atoms with E-state index in [9.17, 15) is 4.79 Å². The van der Waals surface area contributed by atoms with Crippen LogP contribution in [0.3, 0.4) is 0 Å². The highest BCUT2D eigenvalue weighted by Crippen LogP contribution is 2.71. The number of fused-ring (bicyclic) bond motifs is 6. The first-order chi connectivity index (χ1) is 21.6. The fourth-order valence-electron chi connectivity index (χ4n) is 8.92. The molecule has 5 heterocycles. The van der Waals surface area contributed by atoms with Crippen LogP contribution in [0.15, 0.2) is 95.1 Å². The molecule has 9 rings (SSSR count). The molecule has 6 aliphatic rings. The summed E-state index contributed by atoms with van der Waals surface area (Å²) in [6.07, 6.45) is 5.26. The van der Waals surface area contributed by atoms with E-state index in [4.69, 9.17) is 4.99 Å². The van der Waals surface area contributed by atoms with E-state index in [-0.39, 0.29) is 29.8 Å². The third-order valence-corrected chi connectivity index (χ3v) is 13.3. The van der Waals surface area contributed by atoms with Gasteiger partial charge in [-0.3, -0.25) is 19.4 Å². The Morgan fingerprint density at radius 3 is 2.50 bits per heavy atom. The van der Waals surface area contributed by atoms with E-state index in [1.54, 1.807) is 11.8 Å². The molecule has 0 saturated carbocycles. The zero-order valence-electron chi connectivity index (χ0n) is 24.7. The number of hydrogen-bond acceptors (Lipinski definition) is 6. The van der Waals surface area contributed by atoms with E-state index in [1.807, 2.05) is 40.9 Å². The first-order valence-corrected chi connectivity index (χ1v) is 17.7. The van der Waals surface area contributed by atoms with E-state index >= 15 is 4.79 Å². The minimum Gasteiger partial charge on any atom is -0.324 e. The predicted molar refractivity (Wildman–Crippen MR) is 178 cm³/mol. The molecule has 1 aliphatic carbocycles. The maximum absolute atomic E-state index is 15.9. The third kappa shape index (κ3) is 3.37. The Balaban J connectivity index is 1.33. The molecule has 3 fully saturated rings. The van der Waals surface area contributed by atoms with Gasteiger partial charge in [-0.2, -0.15) is 0 Å². The number of allylic oxidation sites excluding steroid dienone is 1. The van der Waals surface area contributed by atoms with Crippen molar-refractivity contribution in [3.8, 4) is 0 Å². The Kier molecular flexibility index (Phi) is 6.04. The first-order valence-electron chi connectivity index (χ1n) is 15.8. The van der Waals surface area contributed by atoms with E-state index in [0.29, 0.717) is 5.88 Å². The van der Waals surface area contributed by atoms with Crippen LogP contribution < -0.4 is 5.32 Å². The lowest BCUT2D eigenvalue weighted by Gasteiger charge is -2.43. The fourth-order valence-corrected chi connectivity index (χ4v) is 12.0. The van der Waals surface area contributed by atoms with Gasteiger partial charge in [-0.1, -0.05) is 96.5 Å². The highest BCUT2D eigenvalue weighted by Gasteiger charge is 2.82. The van der Waals surface area contributed by atoms with Crippen LogP contribution in [-0.4, -0.2) is 49.2 Å². The lowest BCUT2D eigenvalue weighted by molar-refractivity contribution is -0.139. The van der Waals surface area contributed by atoms with Crippen molar-refractivity contribution in [1.82, 2.24) is 9.80 Å². The van der Waals surface area contributed by atoms with Crippen molar-refractivity contribution in [2.45, 2.75) is 67.3 Å². The monoisotopic (exact) mass is 618 g/mol. The number of nitrogens with zero attached hydrogens (tertiary/aromatic N) is 3. The highest BCUT2D eigenvalue weighted by atomic mass is 32.2. The second-order valence-corrected chi connectivity index (χ2v) is 15.1. The molecule has 222 valence electrons. The van der Waals surface area contributed by atoms with Gasteiger partial charge in [0.1, 0.15) is 4.75 Å². The summed E-state index contributed by atoms with van der Waals surface area (Å²) in [5.41, 5.74) is 6.40. The number of para-hydroxylation sites is 1. The molecule has 6 nitrogen and oxygen atoms in total. The standard InChI is InChI=1S/C36H34N4O2S2/c1-22-16-18-23(19-17-22)30-29-20-43-21-39(29)35(26-13-8-9-15-28(26)37-32(35)41)36(30)33(42)40-31(24-10-4-2-5-11-24)25-12-6-3-7-14-27(25)38-34(40)44-36/h2,4-5,8-11,13,15-19,29-31H,3,6-7,12,14,20-21H2,1H3,(H,37,41). The molecule has 0 bridgehead atoms. The van der Waals surface area contributed by atoms with Crippen LogP contribution in [0.25, 0.3) is 0 Å². The predicted octanol–water partition coefficient (Wildman–Crippen LogP) is 6.96. The molecule has 3 aromatic rings. The number of carbonyl (C=O) groups is 2. The summed E-state index contributed by atoms with van der Waals surface area (Å²) in [5, 5.41) is 4.01. The number of aliphatic imine (C=N–C) groups is 1. The molecule has 44 heavy (non-hydrogen) atoms. The zero-order chi connectivity index (χ0) is 29.6. The topological polar surface area (TPSA) is 65.0 Å². The average Bonchev–Trinajstić information content (AvgIpc) is 3.71. The number of nitrogens with one attached hydrogen (secondary N) is 1. The summed E-state index contributed by atoms with van der Waals surface area (Å²) in [6, 6.07) is 27.0. The number of amidine groups is 1. The maximum atomic E-state index is 15.9. The maximum Gasteiger partial charge on any atom is 0.251 e. The van der Waals surface area contributed by atoms with Crippen molar-refractivity contribution in [1.29, 1.82) is 0 Å². The lowest BCUT2D eigenvalue weighted by atomic mass is 9.70. The van der Waals surface area contributed by atoms with Crippen LogP contribution in [0.5, 0.6) is 0 Å². The second-order valence-electron chi connectivity index (χ2n) is 12.9. The van der Waals surface area contributed by atoms with Gasteiger partial charge in [0.25, 0.3) is 5.91 Å². The zero-order valence-corrected chi connectivity index (χ0v) is 26.3. The van der Waals surface area contributed by atoms with E-state index in [2.05, 4.69) is 71.7 Å². The Bertz CT molecular complexity index is 1770. The van der Waals surface area contributed by atoms with Gasteiger partial charge in [0.05, 0.1) is 6.04 Å². The van der Waals surface area contributed by atoms with E-state index in [1.165, 1.54) is 17.6 Å². The minimum atomic E-state index is -1.16. The summed E-state index contributed by atoms with van der Waals surface area (Å²) < 4.78 is -1.12. The van der Waals surface area contributed by atoms with Crippen molar-refractivity contribution < 1.29 is 9.59 Å². The number of carbonyl (C=O) groups excluding carboxylic acids is 2. The fraction of sp³-hybridized carbons (Fsp3) is 0.361. The van der Waals surface area contributed by atoms with Crippen LogP contribution in [0, 0.1) is 6.92 Å². The summed E-state index contributed by atoms with van der Waals surface area (Å²) >= 11 is 3.44. The van der Waals surface area contributed by atoms with Crippen molar-refractivity contribution in [2.75, 3.05) is 16.9 Å². The van der Waals surface area contributed by atoms with Crippen LogP contribution in [0.2, 0.25) is 0 Å². The van der Waals surface area contributed by atoms with Crippen LogP contribution in [0.4, 0.5) is 5.69 Å². The summed E-state index contributed by atoms with van der Waals surface area (Å²) in [5.74, 6) is 1.30. The molecule has 5 aliphatic heterocycles. The van der Waals surface area contributed by atoms with Crippen molar-refractivity contribution >= 4 is 46.2 Å². The SMILES string of the molecule is Cc1ccc(C2C3CSCN3C3(C(=O)Nc4ccccc43)C23SC2=NC4=C(CCCCC4)C(c4ccccc4)N2C3=O)cc1. The van der Waals surface area contributed by atoms with Crippen LogP contribution in [-0.2, 0) is 15.1 Å². The Morgan fingerprint density at radius 2 is 1.66 bits per heavy atom. The molecule has 5 atom stereocenters. The molecule has 3 aromatic carbocycles. The Labute approximate surface area is 266 Å². The van der Waals surface area contributed by atoms with Gasteiger partial charge in [-0.05, 0) is 55.4 Å². The number of aryl methyl sites for hydroxylation is 1. The normalized spacial score (nSPS) is 32.4. The van der Waals surface area contributed by atoms with E-state index < -0.39 is 10.3 Å². The van der Waals surface area contributed by atoms with Gasteiger partial charge >= 0.3 is 0 Å². The van der Waals surface area contributed by atoms with Crippen molar-refractivity contribution in [3.05, 3.63) is 112 Å². The van der Waals surface area contributed by atoms with Crippen LogP contribution in [0.1, 0.15) is 66.3 Å². The molecule has 3 saturated heterocycles. The molecule has 8 heteroatoms. The molecule has 0 aromatic heterocycles. The third-order valence-electron chi connectivity index (χ3n) is 10.7. The molecule has 5 unspecified atom stereocenters. The number of thioether (sulfide) groups is 2. The summed E-state index contributed by atoms with van der Waals surface area (Å²) in [4.78, 5) is 40.4. The van der Waals surface area contributed by atoms with Gasteiger partial charge in [0.15, 0.2) is 10.7 Å². The summed E-state index contributed by atoms with van der Waals surface area (Å²) in [6.45, 7) is 2.10. The largest absolute Gasteiger partial charge is 0.324 e. The second kappa shape index (κ2) is 9.83. The van der Waals surface area contributed by atoms with Crippen molar-refractivity contribution in [2.24, 2.45) is 4.99 Å². The van der Waals surface area contributed by atoms with Crippen molar-refractivity contribution in [3.63, 3.8) is 0 Å². The molecule has 2 spiro atoms. The molecular weight excluding hydrogens is 585 g/mol. The first kappa shape index (κ1) is 27.0. The molecule has 2 amide bonds. The Hall–Kier alpha value is -3.33. The number of hydrogen-bond donors (Lipinski definition) is 1. The highest BCUT2D eigenvalue weighted by molar-refractivity contribution is 8.16. The number of anilines is 1. The molecular formula is C36H34N4O2S2. The Morgan fingerprint density at radius 1 is 0.886 bits per heavy atom. The van der Waals surface area contributed by atoms with Gasteiger partial charge < -0.3 is 5.32 Å². The van der Waals surface area contributed by atoms with Gasteiger partial charge in [-0.15, -0.1) is 11.8 Å². The number of amides is 2. The summed E-state index contributed by atoms with van der Waals surface area (Å²) in [7, 11) is 0. The van der Waals surface area contributed by atoms with Gasteiger partial charge in [0, 0.05) is 40.5 Å². The minimum absolute atomic E-state index is 0.0164. The quantitative estimate of drug-likeness (QED) is 0.337. The number of benzene rings is 3. The average molecular weight is 619 g/mol.